The van der Waals surface area contributed by atoms with Gasteiger partial charge >= 0.3 is 0 Å². The highest BCUT2D eigenvalue weighted by molar-refractivity contribution is 8.00. The molecule has 25 heavy (non-hydrogen) atoms. The summed E-state index contributed by atoms with van der Waals surface area (Å²) in [5.74, 6) is -0.172. The maximum Gasteiger partial charge on any atom is 0.238 e. The summed E-state index contributed by atoms with van der Waals surface area (Å²) in [6, 6.07) is 11.1. The molecule has 2 aromatic heterocycles. The molecule has 1 amide bonds. The van der Waals surface area contributed by atoms with Crippen LogP contribution in [0.1, 0.15) is 12.5 Å². The molecule has 126 valence electrons. The number of aromatic nitrogens is 2. The molecule has 3 rings (SSSR count). The minimum Gasteiger partial charge on any atom is -0.316 e. The summed E-state index contributed by atoms with van der Waals surface area (Å²) in [5, 5.41) is 15.2. The van der Waals surface area contributed by atoms with Crippen molar-refractivity contribution in [2.24, 2.45) is 0 Å². The topological polar surface area (TPSA) is 70.7 Å². The van der Waals surface area contributed by atoms with Crippen LogP contribution >= 0.6 is 34.7 Å². The van der Waals surface area contributed by atoms with Crippen molar-refractivity contribution in [3.63, 3.8) is 0 Å². The Hall–Kier alpha value is -2.27. The fourth-order valence-corrected chi connectivity index (χ4v) is 3.84. The molecule has 1 aromatic carbocycles. The number of nitriles is 1. The van der Waals surface area contributed by atoms with Crippen molar-refractivity contribution in [2.75, 3.05) is 5.32 Å². The minimum atomic E-state index is -0.373. The van der Waals surface area contributed by atoms with Crippen molar-refractivity contribution in [1.29, 1.82) is 5.26 Å². The van der Waals surface area contributed by atoms with Gasteiger partial charge in [-0.2, -0.15) is 5.26 Å². The summed E-state index contributed by atoms with van der Waals surface area (Å²) >= 11 is 8.61. The van der Waals surface area contributed by atoms with Gasteiger partial charge in [-0.05, 0) is 42.6 Å². The average Bonchev–Trinajstić information content (AvgIpc) is 3.24. The molecule has 2 heterocycles. The number of carbonyl (C=O) groups is 1. The number of halogens is 1. The van der Waals surface area contributed by atoms with E-state index in [0.29, 0.717) is 20.7 Å². The monoisotopic (exact) mass is 388 g/mol. The van der Waals surface area contributed by atoms with E-state index in [0.717, 1.165) is 5.69 Å². The summed E-state index contributed by atoms with van der Waals surface area (Å²) in [4.78, 5) is 16.7. The highest BCUT2D eigenvalue weighted by Crippen LogP contribution is 2.28. The van der Waals surface area contributed by atoms with Crippen LogP contribution in [0.25, 0.3) is 5.69 Å². The van der Waals surface area contributed by atoms with Gasteiger partial charge in [0, 0.05) is 23.1 Å². The number of imidazole rings is 1. The Bertz CT molecular complexity index is 927. The molecule has 3 aromatic rings. The number of anilines is 1. The van der Waals surface area contributed by atoms with Crippen molar-refractivity contribution in [3.8, 4) is 11.8 Å². The third kappa shape index (κ3) is 4.04. The van der Waals surface area contributed by atoms with Crippen molar-refractivity contribution in [1.82, 2.24) is 9.55 Å². The number of thioether (sulfide) groups is 1. The standard InChI is InChI=1S/C17H13ClN4OS2/c1-11(15(23)21-16-12(10-19)6-9-24-16)25-17-20-7-8-22(17)14-4-2-13(18)3-5-14/h2-9,11H,1H3,(H,21,23)/t11-/m0/s1. The number of benzene rings is 1. The second kappa shape index (κ2) is 7.74. The molecular weight excluding hydrogens is 376 g/mol. The number of amides is 1. The maximum absolute atomic E-state index is 12.4. The van der Waals surface area contributed by atoms with Crippen LogP contribution in [0.2, 0.25) is 5.02 Å². The predicted octanol–water partition coefficient (Wildman–Crippen LogP) is 4.58. The van der Waals surface area contributed by atoms with Gasteiger partial charge in [0.15, 0.2) is 5.16 Å². The lowest BCUT2D eigenvalue weighted by molar-refractivity contribution is -0.115. The molecule has 0 aliphatic rings. The van der Waals surface area contributed by atoms with Crippen LogP contribution in [0.15, 0.2) is 53.3 Å². The summed E-state index contributed by atoms with van der Waals surface area (Å²) in [7, 11) is 0. The van der Waals surface area contributed by atoms with Crippen LogP contribution in [0.3, 0.4) is 0 Å². The molecule has 8 heteroatoms. The Kier molecular flexibility index (Phi) is 5.43. The molecule has 0 bridgehead atoms. The van der Waals surface area contributed by atoms with Crippen molar-refractivity contribution < 1.29 is 4.79 Å². The second-order valence-electron chi connectivity index (χ2n) is 5.08. The van der Waals surface area contributed by atoms with E-state index in [1.165, 1.54) is 23.1 Å². The highest BCUT2D eigenvalue weighted by atomic mass is 35.5. The van der Waals surface area contributed by atoms with Gasteiger partial charge in [-0.15, -0.1) is 11.3 Å². The molecule has 0 saturated carbocycles. The minimum absolute atomic E-state index is 0.172. The largest absolute Gasteiger partial charge is 0.316 e. The molecule has 0 aliphatic carbocycles. The van der Waals surface area contributed by atoms with Gasteiger partial charge in [-0.3, -0.25) is 9.36 Å². The molecule has 0 unspecified atom stereocenters. The van der Waals surface area contributed by atoms with E-state index in [2.05, 4.69) is 16.4 Å². The fourth-order valence-electron chi connectivity index (χ4n) is 2.09. The number of carbonyl (C=O) groups excluding carboxylic acids is 1. The van der Waals surface area contributed by atoms with E-state index in [9.17, 15) is 4.79 Å². The number of nitrogens with zero attached hydrogens (tertiary/aromatic N) is 3. The molecule has 5 nitrogen and oxygen atoms in total. The summed E-state index contributed by atoms with van der Waals surface area (Å²) < 4.78 is 1.90. The van der Waals surface area contributed by atoms with Crippen molar-refractivity contribution in [2.45, 2.75) is 17.3 Å². The van der Waals surface area contributed by atoms with E-state index >= 15 is 0 Å². The third-order valence-corrected chi connectivity index (χ3v) is 5.55. The summed E-state index contributed by atoms with van der Waals surface area (Å²) in [6.45, 7) is 1.81. The molecule has 1 atom stereocenters. The van der Waals surface area contributed by atoms with Gasteiger partial charge in [-0.1, -0.05) is 23.4 Å². The SMILES string of the molecule is C[C@H](Sc1nccn1-c1ccc(Cl)cc1)C(=O)Nc1sccc1C#N. The first kappa shape index (κ1) is 17.5. The fraction of sp³-hybridized carbons (Fsp3) is 0.118. The van der Waals surface area contributed by atoms with Gasteiger partial charge in [0.05, 0.1) is 10.8 Å². The van der Waals surface area contributed by atoms with Crippen LogP contribution in [-0.2, 0) is 4.79 Å². The third-order valence-electron chi connectivity index (χ3n) is 3.39. The zero-order valence-corrected chi connectivity index (χ0v) is 15.5. The van der Waals surface area contributed by atoms with Gasteiger partial charge < -0.3 is 5.32 Å². The second-order valence-corrected chi connectivity index (χ2v) is 7.74. The number of rotatable bonds is 5. The van der Waals surface area contributed by atoms with Crippen LogP contribution in [-0.4, -0.2) is 20.7 Å². The molecular formula is C17H13ClN4OS2. The number of hydrogen-bond acceptors (Lipinski definition) is 5. The van der Waals surface area contributed by atoms with Gasteiger partial charge in [0.2, 0.25) is 5.91 Å². The van der Waals surface area contributed by atoms with Crippen LogP contribution < -0.4 is 5.32 Å². The molecule has 0 radical (unpaired) electrons. The van der Waals surface area contributed by atoms with E-state index in [4.69, 9.17) is 16.9 Å². The highest BCUT2D eigenvalue weighted by Gasteiger charge is 2.19. The normalized spacial score (nSPS) is 11.7. The zero-order chi connectivity index (χ0) is 17.8. The van der Waals surface area contributed by atoms with E-state index in [1.54, 1.807) is 24.6 Å². The lowest BCUT2D eigenvalue weighted by Gasteiger charge is -2.12. The molecule has 0 saturated heterocycles. The first-order valence-electron chi connectivity index (χ1n) is 7.33. The van der Waals surface area contributed by atoms with Gasteiger partial charge in [0.25, 0.3) is 0 Å². The Morgan fingerprint density at radius 1 is 1.40 bits per heavy atom. The Morgan fingerprint density at radius 3 is 2.88 bits per heavy atom. The summed E-state index contributed by atoms with van der Waals surface area (Å²) in [6.07, 6.45) is 3.53. The zero-order valence-electron chi connectivity index (χ0n) is 13.1. The lowest BCUT2D eigenvalue weighted by atomic mass is 10.3. The van der Waals surface area contributed by atoms with Crippen molar-refractivity contribution >= 4 is 45.6 Å². The Labute approximate surface area is 158 Å². The quantitative estimate of drug-likeness (QED) is 0.649. The molecule has 0 spiro atoms. The predicted molar refractivity (Wildman–Crippen MR) is 102 cm³/mol. The molecule has 0 fully saturated rings. The van der Waals surface area contributed by atoms with E-state index in [1.807, 2.05) is 35.0 Å². The Morgan fingerprint density at radius 2 is 2.16 bits per heavy atom. The van der Waals surface area contributed by atoms with Crippen LogP contribution in [0.5, 0.6) is 0 Å². The maximum atomic E-state index is 12.4. The van der Waals surface area contributed by atoms with Gasteiger partial charge in [-0.25, -0.2) is 4.98 Å². The van der Waals surface area contributed by atoms with Crippen LogP contribution in [0.4, 0.5) is 5.00 Å². The Balaban J connectivity index is 1.72. The molecule has 0 aliphatic heterocycles. The van der Waals surface area contributed by atoms with Crippen LogP contribution in [0, 0.1) is 11.3 Å². The first-order valence-corrected chi connectivity index (χ1v) is 9.46. The van der Waals surface area contributed by atoms with Gasteiger partial charge in [0.1, 0.15) is 11.1 Å². The van der Waals surface area contributed by atoms with E-state index in [-0.39, 0.29) is 11.2 Å². The smallest absolute Gasteiger partial charge is 0.238 e. The lowest BCUT2D eigenvalue weighted by Crippen LogP contribution is -2.22. The van der Waals surface area contributed by atoms with Crippen molar-refractivity contribution in [3.05, 3.63) is 58.7 Å². The number of thiophene rings is 1. The summed E-state index contributed by atoms with van der Waals surface area (Å²) in [5.41, 5.74) is 1.39. The average molecular weight is 389 g/mol. The molecule has 1 N–H and O–H groups in total. The number of nitrogens with one attached hydrogen (secondary N) is 1. The first-order chi connectivity index (χ1) is 12.1. The number of hydrogen-bond donors (Lipinski definition) is 1. The van der Waals surface area contributed by atoms with E-state index < -0.39 is 0 Å².